The summed E-state index contributed by atoms with van der Waals surface area (Å²) in [5.41, 5.74) is 0.661. The number of carbonyl (C=O) groups is 2. The number of halogens is 1. The van der Waals surface area contributed by atoms with E-state index in [0.29, 0.717) is 9.79 Å². The number of fused-ring (bicyclic) bond motifs is 2. The second kappa shape index (κ2) is 7.01. The normalized spacial score (nSPS) is 15.5. The first kappa shape index (κ1) is 18.1. The van der Waals surface area contributed by atoms with E-state index >= 15 is 0 Å². The predicted octanol–water partition coefficient (Wildman–Crippen LogP) is 3.85. The van der Waals surface area contributed by atoms with Crippen LogP contribution in [0.2, 0.25) is 0 Å². The van der Waals surface area contributed by atoms with Crippen molar-refractivity contribution in [1.29, 1.82) is 0 Å². The van der Waals surface area contributed by atoms with Gasteiger partial charge in [0.05, 0.1) is 43.9 Å². The van der Waals surface area contributed by atoms with Crippen LogP contribution in [0.1, 0.15) is 26.3 Å². The Morgan fingerprint density at radius 3 is 2.46 bits per heavy atom. The van der Waals surface area contributed by atoms with Gasteiger partial charge < -0.3 is 10.0 Å². The van der Waals surface area contributed by atoms with Crippen LogP contribution in [0.25, 0.3) is 0 Å². The molecule has 3 aromatic rings. The van der Waals surface area contributed by atoms with E-state index in [4.69, 9.17) is 0 Å². The topological polar surface area (TPSA) is 74.7 Å². The molecule has 0 saturated carbocycles. The zero-order valence-corrected chi connectivity index (χ0v) is 15.3. The summed E-state index contributed by atoms with van der Waals surface area (Å²) < 4.78 is 27.4. The summed E-state index contributed by atoms with van der Waals surface area (Å²) in [6, 6.07) is 16.6. The number of rotatable bonds is 3. The maximum atomic E-state index is 14.2. The number of anilines is 1. The van der Waals surface area contributed by atoms with Crippen LogP contribution in [-0.2, 0) is 17.3 Å². The Morgan fingerprint density at radius 1 is 1.00 bits per heavy atom. The van der Waals surface area contributed by atoms with Gasteiger partial charge in [-0.3, -0.25) is 4.79 Å². The van der Waals surface area contributed by atoms with E-state index in [9.17, 15) is 23.3 Å². The molecule has 0 bridgehead atoms. The molecule has 1 aliphatic heterocycles. The molecule has 0 aromatic heterocycles. The fourth-order valence-electron chi connectivity index (χ4n) is 3.15. The van der Waals surface area contributed by atoms with Crippen molar-refractivity contribution >= 4 is 28.4 Å². The summed E-state index contributed by atoms with van der Waals surface area (Å²) in [7, 11) is -1.68. The molecule has 7 heteroatoms. The average Bonchev–Trinajstić information content (AvgIpc) is 2.79. The predicted molar refractivity (Wildman–Crippen MR) is 101 cm³/mol. The first-order valence-corrected chi connectivity index (χ1v) is 9.56. The van der Waals surface area contributed by atoms with Crippen LogP contribution in [0.4, 0.5) is 10.1 Å². The quantitative estimate of drug-likeness (QED) is 0.731. The Hall–Kier alpha value is -3.32. The first-order valence-electron chi connectivity index (χ1n) is 8.41. The third kappa shape index (κ3) is 2.99. The number of hydrogen-bond acceptors (Lipinski definition) is 3. The molecule has 0 aliphatic carbocycles. The highest BCUT2D eigenvalue weighted by Gasteiger charge is 2.31. The lowest BCUT2D eigenvalue weighted by Crippen LogP contribution is -2.31. The van der Waals surface area contributed by atoms with E-state index in [1.54, 1.807) is 42.5 Å². The minimum Gasteiger partial charge on any atom is -0.478 e. The largest absolute Gasteiger partial charge is 0.478 e. The fraction of sp³-hybridized carbons (Fsp3) is 0.0476. The van der Waals surface area contributed by atoms with Gasteiger partial charge in [-0.15, -0.1) is 0 Å². The standard InChI is InChI=1S/C21H14FNO4S/c22-16-7-3-1-5-14(16)12-23-17-11-13(21(25)26)9-10-19(17)28(27)18-8-4-2-6-15(18)20(23)24/h1-11H,12H2,(H,25,26)/t28-/m1/s1. The van der Waals surface area contributed by atoms with Crippen molar-refractivity contribution in [3.05, 3.63) is 89.2 Å². The van der Waals surface area contributed by atoms with Crippen molar-refractivity contribution in [3.8, 4) is 0 Å². The van der Waals surface area contributed by atoms with Crippen LogP contribution in [0, 0.1) is 5.82 Å². The highest BCUT2D eigenvalue weighted by atomic mass is 32.2. The Kier molecular flexibility index (Phi) is 4.52. The van der Waals surface area contributed by atoms with Crippen molar-refractivity contribution in [1.82, 2.24) is 0 Å². The van der Waals surface area contributed by atoms with Crippen molar-refractivity contribution in [2.45, 2.75) is 16.3 Å². The average molecular weight is 395 g/mol. The third-order valence-corrected chi connectivity index (χ3v) is 6.05. The van der Waals surface area contributed by atoms with Crippen LogP contribution in [-0.4, -0.2) is 21.2 Å². The molecule has 0 unspecified atom stereocenters. The molecule has 1 heterocycles. The lowest BCUT2D eigenvalue weighted by molar-refractivity contribution is 0.0696. The van der Waals surface area contributed by atoms with Gasteiger partial charge >= 0.3 is 5.97 Å². The van der Waals surface area contributed by atoms with Crippen LogP contribution in [0.3, 0.4) is 0 Å². The van der Waals surface area contributed by atoms with Gasteiger partial charge in [-0.2, -0.15) is 0 Å². The highest BCUT2D eigenvalue weighted by molar-refractivity contribution is 7.85. The van der Waals surface area contributed by atoms with Gasteiger partial charge in [-0.1, -0.05) is 30.3 Å². The molecule has 0 saturated heterocycles. The van der Waals surface area contributed by atoms with Crippen molar-refractivity contribution in [2.75, 3.05) is 4.90 Å². The molecule has 140 valence electrons. The van der Waals surface area contributed by atoms with E-state index in [0.717, 1.165) is 0 Å². The number of carboxylic acids is 1. The SMILES string of the molecule is O=C(O)c1ccc2c(c1)N(Cc1ccccc1F)C(=O)c1ccccc1[S@]2=O. The summed E-state index contributed by atoms with van der Waals surface area (Å²) in [5.74, 6) is -2.12. The molecule has 0 radical (unpaired) electrons. The molecular formula is C21H14FNO4S. The number of carboxylic acid groups (broad SMARTS) is 1. The second-order valence-electron chi connectivity index (χ2n) is 6.24. The van der Waals surface area contributed by atoms with Crippen molar-refractivity contribution in [3.63, 3.8) is 0 Å². The Morgan fingerprint density at radius 2 is 1.71 bits per heavy atom. The maximum Gasteiger partial charge on any atom is 0.335 e. The molecule has 4 rings (SSSR count). The van der Waals surface area contributed by atoms with Gasteiger partial charge in [0.25, 0.3) is 5.91 Å². The number of carbonyl (C=O) groups excluding carboxylic acids is 1. The molecule has 28 heavy (non-hydrogen) atoms. The summed E-state index contributed by atoms with van der Waals surface area (Å²) in [4.78, 5) is 26.6. The molecule has 5 nitrogen and oxygen atoms in total. The molecule has 1 aliphatic rings. The van der Waals surface area contributed by atoms with Crippen LogP contribution in [0.5, 0.6) is 0 Å². The third-order valence-electron chi connectivity index (χ3n) is 4.55. The second-order valence-corrected chi connectivity index (χ2v) is 7.65. The van der Waals surface area contributed by atoms with Gasteiger partial charge in [0.15, 0.2) is 0 Å². The summed E-state index contributed by atoms with van der Waals surface area (Å²) >= 11 is 0. The van der Waals surface area contributed by atoms with Gasteiger partial charge in [0.1, 0.15) is 5.82 Å². The summed E-state index contributed by atoms with van der Waals surface area (Å²) in [6.07, 6.45) is 0. The van der Waals surface area contributed by atoms with Crippen LogP contribution in [0.15, 0.2) is 76.5 Å². The monoisotopic (exact) mass is 395 g/mol. The molecule has 0 spiro atoms. The van der Waals surface area contributed by atoms with Gasteiger partial charge in [0, 0.05) is 5.56 Å². The molecule has 0 fully saturated rings. The van der Waals surface area contributed by atoms with E-state index < -0.39 is 28.5 Å². The minimum absolute atomic E-state index is 0.0481. The van der Waals surface area contributed by atoms with Gasteiger partial charge in [0.2, 0.25) is 0 Å². The first-order chi connectivity index (χ1) is 13.5. The minimum atomic E-state index is -1.68. The number of amides is 1. The molecular weight excluding hydrogens is 381 g/mol. The van der Waals surface area contributed by atoms with Crippen molar-refractivity contribution < 1.29 is 23.3 Å². The highest BCUT2D eigenvalue weighted by Crippen LogP contribution is 2.36. The summed E-state index contributed by atoms with van der Waals surface area (Å²) in [5, 5.41) is 9.34. The van der Waals surface area contributed by atoms with Gasteiger partial charge in [-0.25, -0.2) is 13.4 Å². The van der Waals surface area contributed by atoms with Gasteiger partial charge in [-0.05, 0) is 36.4 Å². The molecule has 1 N–H and O–H groups in total. The lowest BCUT2D eigenvalue weighted by atomic mass is 10.1. The van der Waals surface area contributed by atoms with E-state index in [1.807, 2.05) is 0 Å². The Labute approximate surface area is 162 Å². The number of hydrogen-bond donors (Lipinski definition) is 1. The molecule has 1 amide bonds. The Bertz CT molecular complexity index is 1140. The number of nitrogens with zero attached hydrogens (tertiary/aromatic N) is 1. The van der Waals surface area contributed by atoms with E-state index in [-0.39, 0.29) is 28.9 Å². The fourth-order valence-corrected chi connectivity index (χ4v) is 4.50. The lowest BCUT2D eigenvalue weighted by Gasteiger charge is -2.23. The number of benzene rings is 3. The zero-order valence-electron chi connectivity index (χ0n) is 14.5. The zero-order chi connectivity index (χ0) is 19.8. The maximum absolute atomic E-state index is 14.2. The summed E-state index contributed by atoms with van der Waals surface area (Å²) in [6.45, 7) is -0.118. The molecule has 1 atom stereocenters. The van der Waals surface area contributed by atoms with Crippen molar-refractivity contribution in [2.24, 2.45) is 0 Å². The van der Waals surface area contributed by atoms with E-state index in [1.165, 1.54) is 29.2 Å². The van der Waals surface area contributed by atoms with Crippen LogP contribution < -0.4 is 4.90 Å². The smallest absolute Gasteiger partial charge is 0.335 e. The number of aromatic carboxylic acids is 1. The van der Waals surface area contributed by atoms with Crippen LogP contribution >= 0.6 is 0 Å². The Balaban J connectivity index is 1.95. The molecule has 3 aromatic carbocycles. The van der Waals surface area contributed by atoms with E-state index in [2.05, 4.69) is 0 Å².